The van der Waals surface area contributed by atoms with Crippen LogP contribution in [0.1, 0.15) is 33.3 Å². The molecular formula is C15H25ClN2. The third kappa shape index (κ3) is 3.89. The number of nitrogens with zero attached hydrogens (tertiary/aromatic N) is 1. The Hall–Kier alpha value is -0.730. The third-order valence-electron chi connectivity index (χ3n) is 2.98. The summed E-state index contributed by atoms with van der Waals surface area (Å²) in [5.41, 5.74) is 8.11. The van der Waals surface area contributed by atoms with Crippen molar-refractivity contribution in [2.24, 2.45) is 11.7 Å². The van der Waals surface area contributed by atoms with E-state index < -0.39 is 0 Å². The van der Waals surface area contributed by atoms with Crippen molar-refractivity contribution >= 4 is 17.3 Å². The highest BCUT2D eigenvalue weighted by molar-refractivity contribution is 6.31. The van der Waals surface area contributed by atoms with Gasteiger partial charge in [0.1, 0.15) is 0 Å². The molecule has 18 heavy (non-hydrogen) atoms. The van der Waals surface area contributed by atoms with Crippen LogP contribution in [0.4, 0.5) is 5.69 Å². The lowest BCUT2D eigenvalue weighted by molar-refractivity contribution is 0.569. The SMILES string of the molecule is CC(C)CN(c1cccc(Cl)c1CCN)C(C)C. The van der Waals surface area contributed by atoms with Crippen LogP contribution in [-0.2, 0) is 6.42 Å². The highest BCUT2D eigenvalue weighted by atomic mass is 35.5. The van der Waals surface area contributed by atoms with E-state index in [0.29, 0.717) is 18.5 Å². The molecule has 2 N–H and O–H groups in total. The Balaban J connectivity index is 3.14. The van der Waals surface area contributed by atoms with E-state index >= 15 is 0 Å². The maximum atomic E-state index is 6.31. The standard InChI is InChI=1S/C15H25ClN2/c1-11(2)10-18(12(3)4)15-7-5-6-14(16)13(15)8-9-17/h5-7,11-12H,8-10,17H2,1-4H3. The van der Waals surface area contributed by atoms with Gasteiger partial charge in [0.25, 0.3) is 0 Å². The van der Waals surface area contributed by atoms with Gasteiger partial charge in [-0.2, -0.15) is 0 Å². The number of benzene rings is 1. The van der Waals surface area contributed by atoms with Crippen LogP contribution in [0.15, 0.2) is 18.2 Å². The largest absolute Gasteiger partial charge is 0.369 e. The van der Waals surface area contributed by atoms with E-state index in [1.807, 2.05) is 12.1 Å². The molecule has 0 aliphatic rings. The average Bonchev–Trinajstić information content (AvgIpc) is 2.28. The van der Waals surface area contributed by atoms with Crippen LogP contribution in [0.3, 0.4) is 0 Å². The molecule has 0 unspecified atom stereocenters. The Kier molecular flexibility index (Phi) is 5.97. The Morgan fingerprint density at radius 2 is 1.89 bits per heavy atom. The first kappa shape index (κ1) is 15.3. The number of hydrogen-bond acceptors (Lipinski definition) is 2. The quantitative estimate of drug-likeness (QED) is 0.852. The van der Waals surface area contributed by atoms with Gasteiger partial charge in [-0.15, -0.1) is 0 Å². The van der Waals surface area contributed by atoms with Crippen LogP contribution < -0.4 is 10.6 Å². The molecule has 0 aliphatic carbocycles. The van der Waals surface area contributed by atoms with E-state index in [0.717, 1.165) is 18.0 Å². The number of nitrogens with two attached hydrogens (primary N) is 1. The van der Waals surface area contributed by atoms with Crippen LogP contribution in [-0.4, -0.2) is 19.1 Å². The lowest BCUT2D eigenvalue weighted by Crippen LogP contribution is -2.35. The van der Waals surface area contributed by atoms with E-state index in [-0.39, 0.29) is 0 Å². The number of hydrogen-bond donors (Lipinski definition) is 1. The smallest absolute Gasteiger partial charge is 0.0459 e. The second-order valence-corrected chi connectivity index (χ2v) is 5.82. The fourth-order valence-corrected chi connectivity index (χ4v) is 2.45. The number of rotatable bonds is 6. The van der Waals surface area contributed by atoms with Gasteiger partial charge in [0.15, 0.2) is 0 Å². The zero-order valence-corrected chi connectivity index (χ0v) is 12.7. The van der Waals surface area contributed by atoms with Gasteiger partial charge in [0.05, 0.1) is 0 Å². The maximum absolute atomic E-state index is 6.31. The first-order valence-electron chi connectivity index (χ1n) is 6.71. The molecule has 0 atom stereocenters. The number of anilines is 1. The highest BCUT2D eigenvalue weighted by Crippen LogP contribution is 2.29. The summed E-state index contributed by atoms with van der Waals surface area (Å²) >= 11 is 6.31. The second kappa shape index (κ2) is 7.01. The fraction of sp³-hybridized carbons (Fsp3) is 0.600. The molecule has 1 rings (SSSR count). The minimum Gasteiger partial charge on any atom is -0.369 e. The first-order chi connectivity index (χ1) is 8.47. The summed E-state index contributed by atoms with van der Waals surface area (Å²) in [4.78, 5) is 2.42. The molecular weight excluding hydrogens is 244 g/mol. The van der Waals surface area contributed by atoms with Gasteiger partial charge < -0.3 is 10.6 Å². The lowest BCUT2D eigenvalue weighted by atomic mass is 10.1. The Morgan fingerprint density at radius 1 is 1.22 bits per heavy atom. The molecule has 0 saturated heterocycles. The maximum Gasteiger partial charge on any atom is 0.0459 e. The molecule has 0 bridgehead atoms. The van der Waals surface area contributed by atoms with Crippen molar-refractivity contribution in [2.45, 2.75) is 40.2 Å². The molecule has 0 amide bonds. The summed E-state index contributed by atoms with van der Waals surface area (Å²) in [5, 5.41) is 0.826. The molecule has 0 saturated carbocycles. The van der Waals surface area contributed by atoms with Gasteiger partial charge in [-0.25, -0.2) is 0 Å². The van der Waals surface area contributed by atoms with Crippen molar-refractivity contribution in [3.8, 4) is 0 Å². The van der Waals surface area contributed by atoms with E-state index in [4.69, 9.17) is 17.3 Å². The van der Waals surface area contributed by atoms with Crippen molar-refractivity contribution in [2.75, 3.05) is 18.0 Å². The fourth-order valence-electron chi connectivity index (χ4n) is 2.19. The van der Waals surface area contributed by atoms with E-state index in [2.05, 4.69) is 38.7 Å². The van der Waals surface area contributed by atoms with Gasteiger partial charge in [0, 0.05) is 23.3 Å². The van der Waals surface area contributed by atoms with Crippen LogP contribution in [0.25, 0.3) is 0 Å². The zero-order valence-electron chi connectivity index (χ0n) is 11.9. The second-order valence-electron chi connectivity index (χ2n) is 5.42. The van der Waals surface area contributed by atoms with Gasteiger partial charge in [0.2, 0.25) is 0 Å². The van der Waals surface area contributed by atoms with Crippen LogP contribution in [0.2, 0.25) is 5.02 Å². The summed E-state index contributed by atoms with van der Waals surface area (Å²) in [6.45, 7) is 10.6. The highest BCUT2D eigenvalue weighted by Gasteiger charge is 2.17. The molecule has 102 valence electrons. The summed E-state index contributed by atoms with van der Waals surface area (Å²) in [6.07, 6.45) is 0.830. The monoisotopic (exact) mass is 268 g/mol. The van der Waals surface area contributed by atoms with Crippen molar-refractivity contribution in [3.63, 3.8) is 0 Å². The third-order valence-corrected chi connectivity index (χ3v) is 3.34. The van der Waals surface area contributed by atoms with Crippen molar-refractivity contribution in [3.05, 3.63) is 28.8 Å². The lowest BCUT2D eigenvalue weighted by Gasteiger charge is -2.33. The predicted octanol–water partition coefficient (Wildman–Crippen LogP) is 3.71. The Bertz CT molecular complexity index is 375. The molecule has 1 aromatic carbocycles. The van der Waals surface area contributed by atoms with E-state index in [1.165, 1.54) is 11.3 Å². The minimum atomic E-state index is 0.461. The van der Waals surface area contributed by atoms with Gasteiger partial charge in [-0.1, -0.05) is 31.5 Å². The van der Waals surface area contributed by atoms with Crippen LogP contribution >= 0.6 is 11.6 Å². The van der Waals surface area contributed by atoms with Crippen molar-refractivity contribution in [1.29, 1.82) is 0 Å². The van der Waals surface area contributed by atoms with Crippen molar-refractivity contribution < 1.29 is 0 Å². The summed E-state index contributed by atoms with van der Waals surface area (Å²) in [5.74, 6) is 0.622. The van der Waals surface area contributed by atoms with E-state index in [9.17, 15) is 0 Å². The topological polar surface area (TPSA) is 29.3 Å². The Morgan fingerprint density at radius 3 is 2.39 bits per heavy atom. The molecule has 0 heterocycles. The van der Waals surface area contributed by atoms with Gasteiger partial charge in [-0.3, -0.25) is 0 Å². The Labute approximate surface area is 116 Å². The molecule has 0 radical (unpaired) electrons. The summed E-state index contributed by atoms with van der Waals surface area (Å²) in [6, 6.07) is 6.58. The number of halogens is 1. The summed E-state index contributed by atoms with van der Waals surface area (Å²) in [7, 11) is 0. The van der Waals surface area contributed by atoms with Gasteiger partial charge in [-0.05, 0) is 50.4 Å². The molecule has 0 aromatic heterocycles. The summed E-state index contributed by atoms with van der Waals surface area (Å²) < 4.78 is 0. The van der Waals surface area contributed by atoms with E-state index in [1.54, 1.807) is 0 Å². The minimum absolute atomic E-state index is 0.461. The molecule has 0 fully saturated rings. The molecule has 0 spiro atoms. The molecule has 3 heteroatoms. The van der Waals surface area contributed by atoms with Crippen LogP contribution in [0.5, 0.6) is 0 Å². The molecule has 0 aliphatic heterocycles. The average molecular weight is 269 g/mol. The first-order valence-corrected chi connectivity index (χ1v) is 7.09. The zero-order chi connectivity index (χ0) is 13.7. The van der Waals surface area contributed by atoms with Crippen molar-refractivity contribution in [1.82, 2.24) is 0 Å². The molecule has 1 aromatic rings. The molecule has 2 nitrogen and oxygen atoms in total. The normalized spacial score (nSPS) is 11.3. The van der Waals surface area contributed by atoms with Crippen LogP contribution in [0, 0.1) is 5.92 Å². The predicted molar refractivity (Wildman–Crippen MR) is 81.5 cm³/mol. The van der Waals surface area contributed by atoms with Gasteiger partial charge >= 0.3 is 0 Å².